The summed E-state index contributed by atoms with van der Waals surface area (Å²) in [6.45, 7) is 2.37. The Hall–Kier alpha value is -2.84. The van der Waals surface area contributed by atoms with Crippen molar-refractivity contribution in [2.45, 2.75) is 19.8 Å². The molecule has 1 N–H and O–H groups in total. The summed E-state index contributed by atoms with van der Waals surface area (Å²) in [4.78, 5) is 26.2. The van der Waals surface area contributed by atoms with Crippen molar-refractivity contribution >= 4 is 34.8 Å². The van der Waals surface area contributed by atoms with Gasteiger partial charge in [-0.15, -0.1) is 11.6 Å². The number of carbonyl (C=O) groups is 2. The number of amides is 2. The van der Waals surface area contributed by atoms with Gasteiger partial charge in [0.05, 0.1) is 11.6 Å². The number of hydrogen-bond donors (Lipinski definition) is 1. The predicted molar refractivity (Wildman–Crippen MR) is 103 cm³/mol. The molecule has 134 valence electrons. The molecular formula is C20H20ClN3O2. The van der Waals surface area contributed by atoms with Gasteiger partial charge in [0.15, 0.2) is 0 Å². The number of rotatable bonds is 7. The van der Waals surface area contributed by atoms with Gasteiger partial charge in [-0.1, -0.05) is 17.7 Å². The summed E-state index contributed by atoms with van der Waals surface area (Å²) in [5.41, 5.74) is 2.99. The minimum Gasteiger partial charge on any atom is -0.326 e. The first-order valence-corrected chi connectivity index (χ1v) is 8.80. The minimum atomic E-state index is -0.252. The molecule has 2 aromatic rings. The van der Waals surface area contributed by atoms with Crippen molar-refractivity contribution in [2.75, 3.05) is 22.6 Å². The molecule has 0 heterocycles. The van der Waals surface area contributed by atoms with Crippen molar-refractivity contribution in [2.24, 2.45) is 0 Å². The molecule has 0 aromatic heterocycles. The Balaban J connectivity index is 1.92. The molecule has 0 aliphatic rings. The Morgan fingerprint density at radius 1 is 1.08 bits per heavy atom. The van der Waals surface area contributed by atoms with Gasteiger partial charge in [-0.3, -0.25) is 9.59 Å². The van der Waals surface area contributed by atoms with Crippen LogP contribution in [0.4, 0.5) is 11.4 Å². The van der Waals surface area contributed by atoms with E-state index in [1.807, 2.05) is 37.3 Å². The summed E-state index contributed by atoms with van der Waals surface area (Å²) < 4.78 is 0. The van der Waals surface area contributed by atoms with Crippen LogP contribution in [0.2, 0.25) is 0 Å². The van der Waals surface area contributed by atoms with Crippen molar-refractivity contribution in [3.05, 3.63) is 59.7 Å². The van der Waals surface area contributed by atoms with Crippen LogP contribution in [0.3, 0.4) is 0 Å². The van der Waals surface area contributed by atoms with E-state index in [1.165, 1.54) is 0 Å². The second-order valence-electron chi connectivity index (χ2n) is 5.81. The molecule has 5 nitrogen and oxygen atoms in total. The van der Waals surface area contributed by atoms with Crippen molar-refractivity contribution in [1.82, 2.24) is 0 Å². The molecule has 0 bridgehead atoms. The molecule has 6 heteroatoms. The number of carbonyl (C=O) groups excluding carboxylic acids is 2. The van der Waals surface area contributed by atoms with E-state index in [1.54, 1.807) is 29.2 Å². The lowest BCUT2D eigenvalue weighted by molar-refractivity contribution is -0.122. The third-order valence-corrected chi connectivity index (χ3v) is 3.99. The molecular weight excluding hydrogens is 350 g/mol. The molecule has 0 fully saturated rings. The Bertz CT molecular complexity index is 795. The van der Waals surface area contributed by atoms with Gasteiger partial charge < -0.3 is 10.2 Å². The van der Waals surface area contributed by atoms with E-state index < -0.39 is 0 Å². The highest BCUT2D eigenvalue weighted by Gasteiger charge is 2.16. The minimum absolute atomic E-state index is 0.0729. The van der Waals surface area contributed by atoms with Crippen LogP contribution < -0.4 is 10.2 Å². The Kier molecular flexibility index (Phi) is 7.19. The normalized spacial score (nSPS) is 10.0. The standard InChI is InChI=1S/C20H20ClN3O2/c1-15-2-8-18(9-3-15)24(13-12-21)20(26)11-10-19(25)23-17-6-4-16(14-22)5-7-17/h2-9H,10-13H2,1H3,(H,23,25). The average Bonchev–Trinajstić information content (AvgIpc) is 2.65. The monoisotopic (exact) mass is 369 g/mol. The van der Waals surface area contributed by atoms with E-state index in [0.717, 1.165) is 11.3 Å². The van der Waals surface area contributed by atoms with E-state index in [2.05, 4.69) is 5.32 Å². The molecule has 0 unspecified atom stereocenters. The predicted octanol–water partition coefficient (Wildman–Crippen LogP) is 3.86. The van der Waals surface area contributed by atoms with Gasteiger partial charge >= 0.3 is 0 Å². The zero-order valence-corrected chi connectivity index (χ0v) is 15.3. The van der Waals surface area contributed by atoms with Crippen molar-refractivity contribution in [1.29, 1.82) is 5.26 Å². The fraction of sp³-hybridized carbons (Fsp3) is 0.250. The van der Waals surface area contributed by atoms with Crippen molar-refractivity contribution in [3.63, 3.8) is 0 Å². The summed E-state index contributed by atoms with van der Waals surface area (Å²) in [5.74, 6) is -0.0842. The highest BCUT2D eigenvalue weighted by Crippen LogP contribution is 2.17. The number of alkyl halides is 1. The van der Waals surface area contributed by atoms with Gasteiger partial charge in [-0.05, 0) is 43.3 Å². The van der Waals surface area contributed by atoms with Crippen LogP contribution in [0, 0.1) is 18.3 Å². The van der Waals surface area contributed by atoms with E-state index in [4.69, 9.17) is 16.9 Å². The van der Waals surface area contributed by atoms with Crippen LogP contribution in [-0.2, 0) is 9.59 Å². The van der Waals surface area contributed by atoms with Crippen molar-refractivity contribution < 1.29 is 9.59 Å². The molecule has 0 radical (unpaired) electrons. The number of aryl methyl sites for hydroxylation is 1. The lowest BCUT2D eigenvalue weighted by Crippen LogP contribution is -2.33. The number of nitrogens with one attached hydrogen (secondary N) is 1. The zero-order chi connectivity index (χ0) is 18.9. The molecule has 0 atom stereocenters. The summed E-state index contributed by atoms with van der Waals surface area (Å²) in [6, 6.07) is 16.2. The van der Waals surface area contributed by atoms with Crippen LogP contribution in [-0.4, -0.2) is 24.2 Å². The van der Waals surface area contributed by atoms with E-state index >= 15 is 0 Å². The van der Waals surface area contributed by atoms with E-state index in [9.17, 15) is 9.59 Å². The largest absolute Gasteiger partial charge is 0.326 e. The fourth-order valence-corrected chi connectivity index (χ4v) is 2.58. The van der Waals surface area contributed by atoms with Gasteiger partial charge in [-0.2, -0.15) is 5.26 Å². The molecule has 0 aliphatic carbocycles. The fourth-order valence-electron chi connectivity index (χ4n) is 2.41. The summed E-state index contributed by atoms with van der Waals surface area (Å²) in [6.07, 6.45) is 0.163. The molecule has 2 rings (SSSR count). The summed E-state index contributed by atoms with van der Waals surface area (Å²) >= 11 is 5.82. The van der Waals surface area contributed by atoms with Crippen LogP contribution >= 0.6 is 11.6 Å². The van der Waals surface area contributed by atoms with Gasteiger partial charge in [0.2, 0.25) is 11.8 Å². The number of benzene rings is 2. The first-order chi connectivity index (χ1) is 12.5. The molecule has 0 saturated heterocycles. The Morgan fingerprint density at radius 2 is 1.73 bits per heavy atom. The highest BCUT2D eigenvalue weighted by molar-refractivity contribution is 6.18. The van der Waals surface area contributed by atoms with Gasteiger partial charge in [0, 0.05) is 36.6 Å². The quantitative estimate of drug-likeness (QED) is 0.753. The topological polar surface area (TPSA) is 73.2 Å². The first-order valence-electron chi connectivity index (χ1n) is 8.26. The number of anilines is 2. The third-order valence-electron chi connectivity index (χ3n) is 3.82. The summed E-state index contributed by atoms with van der Waals surface area (Å²) in [7, 11) is 0. The van der Waals surface area contributed by atoms with Gasteiger partial charge in [-0.25, -0.2) is 0 Å². The smallest absolute Gasteiger partial charge is 0.227 e. The number of nitriles is 1. The number of hydrogen-bond acceptors (Lipinski definition) is 3. The van der Waals surface area contributed by atoms with Crippen LogP contribution in [0.25, 0.3) is 0 Å². The highest BCUT2D eigenvalue weighted by atomic mass is 35.5. The van der Waals surface area contributed by atoms with Gasteiger partial charge in [0.1, 0.15) is 0 Å². The van der Waals surface area contributed by atoms with E-state index in [0.29, 0.717) is 23.7 Å². The van der Waals surface area contributed by atoms with Crippen molar-refractivity contribution in [3.8, 4) is 6.07 Å². The van der Waals surface area contributed by atoms with Crippen LogP contribution in [0.1, 0.15) is 24.0 Å². The Labute approximate surface area is 158 Å². The third kappa shape index (κ3) is 5.61. The van der Waals surface area contributed by atoms with Gasteiger partial charge in [0.25, 0.3) is 0 Å². The molecule has 0 spiro atoms. The van der Waals surface area contributed by atoms with Crippen LogP contribution in [0.15, 0.2) is 48.5 Å². The van der Waals surface area contributed by atoms with Crippen LogP contribution in [0.5, 0.6) is 0 Å². The first kappa shape index (κ1) is 19.5. The maximum Gasteiger partial charge on any atom is 0.227 e. The Morgan fingerprint density at radius 3 is 2.31 bits per heavy atom. The maximum absolute atomic E-state index is 12.5. The maximum atomic E-state index is 12.5. The molecule has 26 heavy (non-hydrogen) atoms. The lowest BCUT2D eigenvalue weighted by Gasteiger charge is -2.22. The second-order valence-corrected chi connectivity index (χ2v) is 6.19. The molecule has 2 amide bonds. The molecule has 0 saturated carbocycles. The number of halogens is 1. The molecule has 2 aromatic carbocycles. The van der Waals surface area contributed by atoms with E-state index in [-0.39, 0.29) is 24.7 Å². The number of nitrogens with zero attached hydrogens (tertiary/aromatic N) is 2. The zero-order valence-electron chi connectivity index (χ0n) is 14.5. The second kappa shape index (κ2) is 9.59. The lowest BCUT2D eigenvalue weighted by atomic mass is 10.2. The summed E-state index contributed by atoms with van der Waals surface area (Å²) in [5, 5.41) is 11.5. The SMILES string of the molecule is Cc1ccc(N(CCCl)C(=O)CCC(=O)Nc2ccc(C#N)cc2)cc1. The average molecular weight is 370 g/mol. The molecule has 0 aliphatic heterocycles.